The maximum absolute atomic E-state index is 11.8. The largest absolute Gasteiger partial charge is 0.478 e. The first-order chi connectivity index (χ1) is 15.4. The second kappa shape index (κ2) is 8.37. The van der Waals surface area contributed by atoms with E-state index in [4.69, 9.17) is 32.7 Å². The van der Waals surface area contributed by atoms with Crippen LogP contribution in [-0.2, 0) is 9.47 Å². The van der Waals surface area contributed by atoms with Gasteiger partial charge in [0, 0.05) is 40.0 Å². The van der Waals surface area contributed by atoms with Crippen molar-refractivity contribution in [2.24, 2.45) is 0 Å². The van der Waals surface area contributed by atoms with Crippen LogP contribution in [0.15, 0.2) is 48.7 Å². The van der Waals surface area contributed by atoms with Crippen molar-refractivity contribution in [1.29, 1.82) is 0 Å². The molecule has 0 amide bonds. The van der Waals surface area contributed by atoms with Crippen LogP contribution in [0.25, 0.3) is 16.5 Å². The van der Waals surface area contributed by atoms with Crippen LogP contribution in [0, 0.1) is 0 Å². The number of carbonyl (C=O) groups is 1. The lowest BCUT2D eigenvalue weighted by molar-refractivity contribution is -0.159. The lowest BCUT2D eigenvalue weighted by atomic mass is 9.89. The van der Waals surface area contributed by atoms with E-state index in [1.807, 2.05) is 18.3 Å². The molecule has 32 heavy (non-hydrogen) atoms. The molecule has 1 fully saturated rings. The van der Waals surface area contributed by atoms with Crippen LogP contribution in [0.5, 0.6) is 0 Å². The number of nitrogens with zero attached hydrogens (tertiary/aromatic N) is 1. The predicted octanol–water partition coefficient (Wildman–Crippen LogP) is 6.29. The molecule has 2 N–H and O–H groups in total. The number of aromatic nitrogens is 1. The first-order valence-electron chi connectivity index (χ1n) is 10.3. The molecule has 1 aliphatic heterocycles. The average molecular weight is 471 g/mol. The van der Waals surface area contributed by atoms with Gasteiger partial charge in [-0.2, -0.15) is 0 Å². The third kappa shape index (κ3) is 3.95. The number of hydrogen-bond acceptors (Lipinski definition) is 5. The summed E-state index contributed by atoms with van der Waals surface area (Å²) >= 11 is 12.3. The van der Waals surface area contributed by atoms with Crippen LogP contribution in [0.4, 0.5) is 11.4 Å². The van der Waals surface area contributed by atoms with E-state index in [2.05, 4.69) is 16.4 Å². The summed E-state index contributed by atoms with van der Waals surface area (Å²) in [4.78, 5) is 16.5. The van der Waals surface area contributed by atoms with Crippen molar-refractivity contribution in [3.05, 3.63) is 69.8 Å². The van der Waals surface area contributed by atoms with Crippen molar-refractivity contribution < 1.29 is 19.4 Å². The number of allylic oxidation sites excluding steroid dienone is 1. The molecule has 2 aromatic carbocycles. The minimum absolute atomic E-state index is 0.0831. The first kappa shape index (κ1) is 21.2. The van der Waals surface area contributed by atoms with Gasteiger partial charge >= 0.3 is 5.97 Å². The molecule has 0 unspecified atom stereocenters. The van der Waals surface area contributed by atoms with E-state index in [1.165, 1.54) is 6.07 Å². The number of rotatable bonds is 4. The van der Waals surface area contributed by atoms with Gasteiger partial charge in [0.2, 0.25) is 0 Å². The highest BCUT2D eigenvalue weighted by Crippen LogP contribution is 2.42. The van der Waals surface area contributed by atoms with Gasteiger partial charge < -0.3 is 19.9 Å². The van der Waals surface area contributed by atoms with E-state index in [0.29, 0.717) is 35.4 Å². The molecule has 0 radical (unpaired) electrons. The Labute approximate surface area is 194 Å². The molecular formula is C24H20Cl2N2O4. The molecule has 2 aliphatic rings. The number of carboxylic acid groups (broad SMARTS) is 1. The normalized spacial score (nSPS) is 17.5. The van der Waals surface area contributed by atoms with Gasteiger partial charge in [0.1, 0.15) is 0 Å². The lowest BCUT2D eigenvalue weighted by Crippen LogP contribution is -2.31. The van der Waals surface area contributed by atoms with Gasteiger partial charge in [-0.3, -0.25) is 4.98 Å². The van der Waals surface area contributed by atoms with Crippen molar-refractivity contribution in [2.75, 3.05) is 18.5 Å². The van der Waals surface area contributed by atoms with Crippen LogP contribution >= 0.6 is 23.2 Å². The number of hydrogen-bond donors (Lipinski definition) is 2. The van der Waals surface area contributed by atoms with Crippen LogP contribution < -0.4 is 5.32 Å². The monoisotopic (exact) mass is 470 g/mol. The quantitative estimate of drug-likeness (QED) is 0.465. The van der Waals surface area contributed by atoms with Crippen LogP contribution in [-0.4, -0.2) is 35.1 Å². The SMILES string of the molecule is O=C(O)c1cc(Cl)ccc1Nc1c(C2=CCC3(CC2)OCCO3)cnc2ccc(Cl)cc12. The van der Waals surface area contributed by atoms with E-state index in [9.17, 15) is 9.90 Å². The van der Waals surface area contributed by atoms with Crippen molar-refractivity contribution >= 4 is 57.0 Å². The zero-order valence-corrected chi connectivity index (χ0v) is 18.5. The fraction of sp³-hybridized carbons (Fsp3) is 0.250. The van der Waals surface area contributed by atoms with E-state index in [-0.39, 0.29) is 5.56 Å². The summed E-state index contributed by atoms with van der Waals surface area (Å²) < 4.78 is 11.7. The van der Waals surface area contributed by atoms with Crippen LogP contribution in [0.1, 0.15) is 35.2 Å². The Bertz CT molecular complexity index is 1250. The summed E-state index contributed by atoms with van der Waals surface area (Å²) in [7, 11) is 0. The van der Waals surface area contributed by atoms with Crippen LogP contribution in [0.3, 0.4) is 0 Å². The van der Waals surface area contributed by atoms with Gasteiger partial charge in [0.15, 0.2) is 5.79 Å². The first-order valence-corrected chi connectivity index (χ1v) is 11.1. The molecule has 2 heterocycles. The number of anilines is 2. The number of aromatic carboxylic acids is 1. The fourth-order valence-corrected chi connectivity index (χ4v) is 4.64. The third-order valence-corrected chi connectivity index (χ3v) is 6.37. The lowest BCUT2D eigenvalue weighted by Gasteiger charge is -2.31. The van der Waals surface area contributed by atoms with Gasteiger partial charge in [-0.1, -0.05) is 29.3 Å². The molecule has 0 saturated carbocycles. The molecule has 1 spiro atoms. The summed E-state index contributed by atoms with van der Waals surface area (Å²) in [6.45, 7) is 1.22. The second-order valence-electron chi connectivity index (χ2n) is 7.87. The molecule has 3 aromatic rings. The third-order valence-electron chi connectivity index (χ3n) is 5.90. The Kier molecular flexibility index (Phi) is 5.55. The fourth-order valence-electron chi connectivity index (χ4n) is 4.29. The smallest absolute Gasteiger partial charge is 0.337 e. The van der Waals surface area contributed by atoms with Gasteiger partial charge in [0.25, 0.3) is 0 Å². The van der Waals surface area contributed by atoms with E-state index in [0.717, 1.165) is 40.6 Å². The minimum atomic E-state index is -1.07. The Balaban J connectivity index is 1.63. The highest BCUT2D eigenvalue weighted by atomic mass is 35.5. The van der Waals surface area contributed by atoms with Crippen molar-refractivity contribution in [3.63, 3.8) is 0 Å². The number of nitrogens with one attached hydrogen (secondary N) is 1. The maximum atomic E-state index is 11.8. The van der Waals surface area contributed by atoms with Gasteiger partial charge in [-0.25, -0.2) is 4.79 Å². The Hall–Kier alpha value is -2.64. The zero-order chi connectivity index (χ0) is 22.3. The Morgan fingerprint density at radius 2 is 1.84 bits per heavy atom. The molecule has 0 bridgehead atoms. The summed E-state index contributed by atoms with van der Waals surface area (Å²) in [6, 6.07) is 10.2. The molecule has 6 nitrogen and oxygen atoms in total. The number of pyridine rings is 1. The summed E-state index contributed by atoms with van der Waals surface area (Å²) in [5.41, 5.74) is 4.00. The Morgan fingerprint density at radius 3 is 2.56 bits per heavy atom. The molecule has 1 aliphatic carbocycles. The molecule has 5 rings (SSSR count). The standard InChI is InChI=1S/C24H20Cl2N2O4/c25-15-1-3-20-17(11-15)22(28-21-4-2-16(26)12-18(21)23(29)30)19(13-27-20)14-5-7-24(8-6-14)31-9-10-32-24/h1-5,11-13H,6-10H2,(H,27,28)(H,29,30). The van der Waals surface area contributed by atoms with Crippen LogP contribution in [0.2, 0.25) is 10.0 Å². The Morgan fingerprint density at radius 1 is 1.09 bits per heavy atom. The zero-order valence-electron chi connectivity index (χ0n) is 17.0. The number of halogens is 2. The molecule has 1 aromatic heterocycles. The molecule has 0 atom stereocenters. The number of carboxylic acids is 1. The van der Waals surface area contributed by atoms with Crippen molar-refractivity contribution in [1.82, 2.24) is 4.98 Å². The van der Waals surface area contributed by atoms with Crippen molar-refractivity contribution in [3.8, 4) is 0 Å². The van der Waals surface area contributed by atoms with Crippen molar-refractivity contribution in [2.45, 2.75) is 25.0 Å². The number of fused-ring (bicyclic) bond motifs is 1. The molecule has 164 valence electrons. The predicted molar refractivity (Wildman–Crippen MR) is 125 cm³/mol. The number of benzene rings is 2. The summed E-state index contributed by atoms with van der Waals surface area (Å²) in [6.07, 6.45) is 6.07. The maximum Gasteiger partial charge on any atom is 0.337 e. The second-order valence-corrected chi connectivity index (χ2v) is 8.74. The highest BCUT2D eigenvalue weighted by Gasteiger charge is 2.38. The van der Waals surface area contributed by atoms with E-state index in [1.54, 1.807) is 18.2 Å². The topological polar surface area (TPSA) is 80.7 Å². The highest BCUT2D eigenvalue weighted by molar-refractivity contribution is 6.31. The minimum Gasteiger partial charge on any atom is -0.478 e. The number of ether oxygens (including phenoxy) is 2. The summed E-state index contributed by atoms with van der Waals surface area (Å²) in [5, 5.41) is 14.8. The average Bonchev–Trinajstić information content (AvgIpc) is 3.23. The van der Waals surface area contributed by atoms with Gasteiger partial charge in [-0.05, 0) is 48.4 Å². The van der Waals surface area contributed by atoms with Gasteiger partial charge in [0.05, 0.1) is 35.7 Å². The molecule has 1 saturated heterocycles. The van der Waals surface area contributed by atoms with Gasteiger partial charge in [-0.15, -0.1) is 0 Å². The van der Waals surface area contributed by atoms with E-state index < -0.39 is 11.8 Å². The molecular weight excluding hydrogens is 451 g/mol. The summed E-state index contributed by atoms with van der Waals surface area (Å²) in [5.74, 6) is -1.60. The molecule has 8 heteroatoms. The van der Waals surface area contributed by atoms with E-state index >= 15 is 0 Å².